The fourth-order valence-electron chi connectivity index (χ4n) is 1.15. The van der Waals surface area contributed by atoms with E-state index in [4.69, 9.17) is 9.15 Å². The molecule has 2 nitrogen and oxygen atoms in total. The van der Waals surface area contributed by atoms with Gasteiger partial charge in [-0.1, -0.05) is 17.7 Å². The van der Waals surface area contributed by atoms with E-state index in [1.165, 1.54) is 0 Å². The van der Waals surface area contributed by atoms with Gasteiger partial charge in [0.05, 0.1) is 7.11 Å². The van der Waals surface area contributed by atoms with Crippen molar-refractivity contribution in [3.63, 3.8) is 0 Å². The number of rotatable bonds is 2. The van der Waals surface area contributed by atoms with Crippen LogP contribution in [0.4, 0.5) is 0 Å². The zero-order valence-corrected chi connectivity index (χ0v) is 8.28. The Morgan fingerprint density at radius 3 is 2.36 bits per heavy atom. The average Bonchev–Trinajstić information content (AvgIpc) is 2.71. The van der Waals surface area contributed by atoms with Gasteiger partial charge >= 0.3 is 18.9 Å². The summed E-state index contributed by atoms with van der Waals surface area (Å²) in [5.41, 5.74) is 1.03. The normalized spacial score (nSPS) is 9.21. The molecular weight excluding hydrogens is 171 g/mol. The molecule has 0 aliphatic carbocycles. The smallest absolute Gasteiger partial charge is 0.591 e. The van der Waals surface area contributed by atoms with Gasteiger partial charge in [-0.2, -0.15) is 6.07 Å². The Hall–Kier alpha value is -1.10. The maximum absolute atomic E-state index is 5.13. The Bertz CT molecular complexity index is 365. The first-order valence-corrected chi connectivity index (χ1v) is 4.00. The molecule has 14 heavy (non-hydrogen) atoms. The van der Waals surface area contributed by atoms with Crippen molar-refractivity contribution in [3.8, 4) is 17.1 Å². The summed E-state index contributed by atoms with van der Waals surface area (Å²) in [6.45, 7) is 0. The second-order valence-electron chi connectivity index (χ2n) is 2.65. The van der Waals surface area contributed by atoms with Gasteiger partial charge in [-0.15, -0.1) is 6.07 Å². The zero-order chi connectivity index (χ0) is 9.10. The number of ether oxygens (including phenoxy) is 1. The summed E-state index contributed by atoms with van der Waals surface area (Å²) in [5, 5.41) is 0. The van der Waals surface area contributed by atoms with Crippen LogP contribution in [0.5, 0.6) is 5.75 Å². The predicted molar refractivity (Wildman–Crippen MR) is 49.5 cm³/mol. The number of methoxy groups -OCH3 is 1. The van der Waals surface area contributed by atoms with Gasteiger partial charge in [0.15, 0.2) is 0 Å². The third-order valence-electron chi connectivity index (χ3n) is 1.85. The molecule has 0 saturated carbocycles. The van der Waals surface area contributed by atoms with Gasteiger partial charge in [-0.25, -0.2) is 0 Å². The molecule has 0 bridgehead atoms. The van der Waals surface area contributed by atoms with Crippen LogP contribution < -0.4 is 23.6 Å². The Morgan fingerprint density at radius 1 is 1.14 bits per heavy atom. The molecule has 0 amide bonds. The van der Waals surface area contributed by atoms with Gasteiger partial charge in [0.2, 0.25) is 0 Å². The molecule has 0 atom stereocenters. The second-order valence-corrected chi connectivity index (χ2v) is 2.65. The molecule has 0 radical (unpaired) electrons. The summed E-state index contributed by atoms with van der Waals surface area (Å²) in [5.74, 6) is 1.67. The largest absolute Gasteiger partial charge is 1.00 e. The fourth-order valence-corrected chi connectivity index (χ4v) is 1.15. The van der Waals surface area contributed by atoms with Crippen LogP contribution in [-0.4, -0.2) is 7.11 Å². The third-order valence-corrected chi connectivity index (χ3v) is 1.85. The maximum atomic E-state index is 5.13. The minimum atomic E-state index is 0. The minimum Gasteiger partial charge on any atom is -0.591 e. The van der Waals surface area contributed by atoms with E-state index in [0.717, 1.165) is 17.1 Å². The maximum Gasteiger partial charge on any atom is 1.00 e. The summed E-state index contributed by atoms with van der Waals surface area (Å²) >= 11 is 0. The van der Waals surface area contributed by atoms with Crippen molar-refractivity contribution in [2.24, 2.45) is 0 Å². The fraction of sp³-hybridized carbons (Fsp3) is 0.0909. The molecule has 0 aliphatic heterocycles. The van der Waals surface area contributed by atoms with E-state index in [1.54, 1.807) is 13.2 Å². The van der Waals surface area contributed by atoms with E-state index >= 15 is 0 Å². The SMILES string of the molecule is COc1ccc(-c2cc[c-]o2)cc1.[Li+]. The van der Waals surface area contributed by atoms with Crippen LogP contribution in [0.2, 0.25) is 0 Å². The average molecular weight is 180 g/mol. The van der Waals surface area contributed by atoms with Gasteiger partial charge in [-0.3, -0.25) is 0 Å². The summed E-state index contributed by atoms with van der Waals surface area (Å²) in [4.78, 5) is 0. The molecule has 3 heteroatoms. The quantitative estimate of drug-likeness (QED) is 0.470. The molecule has 1 aromatic heterocycles. The van der Waals surface area contributed by atoms with Gasteiger partial charge in [0.1, 0.15) is 5.75 Å². The molecular formula is C11H9LiO2. The van der Waals surface area contributed by atoms with E-state index in [0.29, 0.717) is 0 Å². The first-order chi connectivity index (χ1) is 6.40. The number of furan rings is 1. The van der Waals surface area contributed by atoms with Crippen LogP contribution in [0.25, 0.3) is 11.3 Å². The molecule has 66 valence electrons. The Kier molecular flexibility index (Phi) is 3.88. The van der Waals surface area contributed by atoms with Crippen molar-refractivity contribution in [1.82, 2.24) is 0 Å². The first-order valence-electron chi connectivity index (χ1n) is 4.00. The summed E-state index contributed by atoms with van der Waals surface area (Å²) in [7, 11) is 1.65. The minimum absolute atomic E-state index is 0. The van der Waals surface area contributed by atoms with Crippen molar-refractivity contribution < 1.29 is 28.0 Å². The van der Waals surface area contributed by atoms with E-state index in [2.05, 4.69) is 6.26 Å². The van der Waals surface area contributed by atoms with Crippen molar-refractivity contribution in [2.45, 2.75) is 0 Å². The van der Waals surface area contributed by atoms with Crippen LogP contribution >= 0.6 is 0 Å². The van der Waals surface area contributed by atoms with Crippen molar-refractivity contribution in [3.05, 3.63) is 42.7 Å². The van der Waals surface area contributed by atoms with Gasteiger partial charge in [0, 0.05) is 0 Å². The molecule has 2 rings (SSSR count). The molecule has 0 N–H and O–H groups in total. The molecule has 0 fully saturated rings. The monoisotopic (exact) mass is 180 g/mol. The van der Waals surface area contributed by atoms with E-state index in [9.17, 15) is 0 Å². The molecule has 0 saturated heterocycles. The third kappa shape index (κ3) is 2.23. The first kappa shape index (κ1) is 11.0. The topological polar surface area (TPSA) is 22.4 Å². The van der Waals surface area contributed by atoms with Crippen LogP contribution in [0.3, 0.4) is 0 Å². The number of benzene rings is 1. The van der Waals surface area contributed by atoms with Crippen LogP contribution in [0.1, 0.15) is 0 Å². The van der Waals surface area contributed by atoms with Gasteiger partial charge < -0.3 is 9.15 Å². The van der Waals surface area contributed by atoms with E-state index < -0.39 is 0 Å². The van der Waals surface area contributed by atoms with E-state index in [1.807, 2.05) is 30.3 Å². The predicted octanol–water partition coefficient (Wildman–Crippen LogP) is -0.241. The Labute approximate surface area is 95.1 Å². The van der Waals surface area contributed by atoms with Crippen LogP contribution in [0, 0.1) is 6.26 Å². The molecule has 1 aromatic carbocycles. The number of hydrogen-bond donors (Lipinski definition) is 0. The van der Waals surface area contributed by atoms with E-state index in [-0.39, 0.29) is 18.9 Å². The van der Waals surface area contributed by atoms with Crippen molar-refractivity contribution in [2.75, 3.05) is 7.11 Å². The van der Waals surface area contributed by atoms with Crippen molar-refractivity contribution in [1.29, 1.82) is 0 Å². The molecule has 1 heterocycles. The summed E-state index contributed by atoms with van der Waals surface area (Å²) in [6.07, 6.45) is 2.65. The second kappa shape index (κ2) is 4.95. The zero-order valence-electron chi connectivity index (χ0n) is 8.28. The van der Waals surface area contributed by atoms with Crippen LogP contribution in [-0.2, 0) is 0 Å². The van der Waals surface area contributed by atoms with Crippen LogP contribution in [0.15, 0.2) is 40.8 Å². The molecule has 2 aromatic rings. The molecule has 0 spiro atoms. The number of hydrogen-bond acceptors (Lipinski definition) is 2. The molecule has 0 aliphatic rings. The summed E-state index contributed by atoms with van der Waals surface area (Å²) < 4.78 is 10.2. The summed E-state index contributed by atoms with van der Waals surface area (Å²) in [6, 6.07) is 11.3. The van der Waals surface area contributed by atoms with Gasteiger partial charge in [-0.05, 0) is 24.2 Å². The Balaban J connectivity index is 0.000000980. The Morgan fingerprint density at radius 2 is 1.86 bits per heavy atom. The van der Waals surface area contributed by atoms with Gasteiger partial charge in [0.25, 0.3) is 0 Å². The molecule has 0 unspecified atom stereocenters. The standard InChI is InChI=1S/C11H9O2.Li/c1-12-10-6-4-9(5-7-10)11-3-2-8-13-11;/h2-7H,1H3;/q-1;+1. The van der Waals surface area contributed by atoms with Crippen molar-refractivity contribution >= 4 is 0 Å².